The molecule has 4 rings (SSSR count). The summed E-state index contributed by atoms with van der Waals surface area (Å²) in [5.41, 5.74) is 4.57. The molecule has 0 atom stereocenters. The number of nitro benzene ring substituents is 1. The highest BCUT2D eigenvalue weighted by Crippen LogP contribution is 2.32. The number of furan rings is 1. The zero-order valence-corrected chi connectivity index (χ0v) is 17.3. The fourth-order valence-electron chi connectivity index (χ4n) is 2.72. The number of thioether (sulfide) groups is 1. The third kappa shape index (κ3) is 4.93. The van der Waals surface area contributed by atoms with Crippen molar-refractivity contribution in [3.63, 3.8) is 0 Å². The van der Waals surface area contributed by atoms with E-state index in [9.17, 15) is 14.9 Å². The van der Waals surface area contributed by atoms with Crippen molar-refractivity contribution in [3.8, 4) is 11.3 Å². The number of para-hydroxylation sites is 2. The maximum atomic E-state index is 12.0. The maximum absolute atomic E-state index is 12.0. The van der Waals surface area contributed by atoms with Crippen LogP contribution in [-0.4, -0.2) is 32.8 Å². The van der Waals surface area contributed by atoms with E-state index in [1.807, 2.05) is 24.3 Å². The minimum absolute atomic E-state index is 0.106. The summed E-state index contributed by atoms with van der Waals surface area (Å²) in [6.07, 6.45) is 1.35. The highest BCUT2D eigenvalue weighted by atomic mass is 35.5. The van der Waals surface area contributed by atoms with Crippen molar-refractivity contribution in [2.45, 2.75) is 5.16 Å². The smallest absolute Gasteiger partial charge is 0.270 e. The standard InChI is InChI=1S/C20H14ClN5O4S/c21-15-9-12(26(28)29)5-7-14(15)18-8-6-13(30-18)10-22-25-19(27)11-31-20-23-16-3-1-2-4-17(16)24-20/h1-10H,11H2,(H,23,24)(H,25,27)/b22-10-. The van der Waals surface area contributed by atoms with E-state index < -0.39 is 4.92 Å². The highest BCUT2D eigenvalue weighted by Gasteiger charge is 2.13. The van der Waals surface area contributed by atoms with Crippen LogP contribution in [0.15, 0.2) is 69.3 Å². The summed E-state index contributed by atoms with van der Waals surface area (Å²) in [6.45, 7) is 0. The molecule has 0 saturated heterocycles. The van der Waals surface area contributed by atoms with Gasteiger partial charge in [-0.25, -0.2) is 10.4 Å². The second kappa shape index (κ2) is 9.02. The second-order valence-electron chi connectivity index (χ2n) is 6.26. The van der Waals surface area contributed by atoms with Crippen LogP contribution in [0.4, 0.5) is 5.69 Å². The number of hydrogen-bond donors (Lipinski definition) is 2. The van der Waals surface area contributed by atoms with Crippen LogP contribution < -0.4 is 5.43 Å². The number of fused-ring (bicyclic) bond motifs is 1. The Hall–Kier alpha value is -3.63. The molecule has 2 aromatic heterocycles. The number of carbonyl (C=O) groups excluding carboxylic acids is 1. The molecule has 0 bridgehead atoms. The lowest BCUT2D eigenvalue weighted by Gasteiger charge is -2.00. The zero-order chi connectivity index (χ0) is 21.8. The van der Waals surface area contributed by atoms with Crippen molar-refractivity contribution in [2.75, 3.05) is 5.75 Å². The van der Waals surface area contributed by atoms with Crippen LogP contribution in [0.3, 0.4) is 0 Å². The molecule has 0 aliphatic carbocycles. The Bertz CT molecular complexity index is 1270. The van der Waals surface area contributed by atoms with Crippen molar-refractivity contribution in [1.82, 2.24) is 15.4 Å². The normalized spacial score (nSPS) is 11.3. The summed E-state index contributed by atoms with van der Waals surface area (Å²) in [4.78, 5) is 29.8. The second-order valence-corrected chi connectivity index (χ2v) is 7.64. The molecule has 0 spiro atoms. The van der Waals surface area contributed by atoms with E-state index in [-0.39, 0.29) is 22.4 Å². The fourth-order valence-corrected chi connectivity index (χ4v) is 3.66. The Morgan fingerprint density at radius 2 is 2.13 bits per heavy atom. The molecule has 0 radical (unpaired) electrons. The molecule has 31 heavy (non-hydrogen) atoms. The van der Waals surface area contributed by atoms with Gasteiger partial charge in [0.25, 0.3) is 11.6 Å². The van der Waals surface area contributed by atoms with E-state index in [0.29, 0.717) is 22.2 Å². The number of imidazole rings is 1. The Morgan fingerprint density at radius 1 is 1.29 bits per heavy atom. The van der Waals surface area contributed by atoms with Crippen molar-refractivity contribution in [3.05, 3.63) is 75.5 Å². The van der Waals surface area contributed by atoms with Gasteiger partial charge in [0.05, 0.1) is 32.9 Å². The third-order valence-corrected chi connectivity index (χ3v) is 5.33. The third-order valence-electron chi connectivity index (χ3n) is 4.14. The zero-order valence-electron chi connectivity index (χ0n) is 15.7. The maximum Gasteiger partial charge on any atom is 0.270 e. The van der Waals surface area contributed by atoms with Gasteiger partial charge in [0.1, 0.15) is 11.5 Å². The average molecular weight is 456 g/mol. The number of aromatic amines is 1. The summed E-state index contributed by atoms with van der Waals surface area (Å²) in [5.74, 6) is 0.647. The van der Waals surface area contributed by atoms with Crippen LogP contribution in [0, 0.1) is 10.1 Å². The molecular formula is C20H14ClN5O4S. The van der Waals surface area contributed by atoms with E-state index in [1.165, 1.54) is 36.2 Å². The number of halogens is 1. The number of hydrogen-bond acceptors (Lipinski definition) is 7. The number of hydrazone groups is 1. The number of H-pyrrole nitrogens is 1. The van der Waals surface area contributed by atoms with E-state index in [1.54, 1.807) is 12.1 Å². The van der Waals surface area contributed by atoms with Crippen LogP contribution in [0.2, 0.25) is 5.02 Å². The minimum Gasteiger partial charge on any atom is -0.455 e. The minimum atomic E-state index is -0.523. The Balaban J connectivity index is 1.32. The molecular weight excluding hydrogens is 442 g/mol. The number of nitrogens with one attached hydrogen (secondary N) is 2. The molecule has 0 unspecified atom stereocenters. The van der Waals surface area contributed by atoms with Gasteiger partial charge in [-0.1, -0.05) is 35.5 Å². The molecule has 0 saturated carbocycles. The van der Waals surface area contributed by atoms with E-state index >= 15 is 0 Å². The molecule has 0 fully saturated rings. The predicted molar refractivity (Wildman–Crippen MR) is 118 cm³/mol. The van der Waals surface area contributed by atoms with Crippen molar-refractivity contribution in [2.24, 2.45) is 5.10 Å². The Morgan fingerprint density at radius 3 is 2.90 bits per heavy atom. The summed E-state index contributed by atoms with van der Waals surface area (Å²) < 4.78 is 5.62. The Kier molecular flexibility index (Phi) is 6.01. The number of non-ortho nitro benzene ring substituents is 1. The quantitative estimate of drug-likeness (QED) is 0.181. The van der Waals surface area contributed by atoms with Crippen LogP contribution >= 0.6 is 23.4 Å². The number of amides is 1. The van der Waals surface area contributed by atoms with Gasteiger partial charge in [0.15, 0.2) is 5.16 Å². The average Bonchev–Trinajstić information content (AvgIpc) is 3.38. The van der Waals surface area contributed by atoms with Crippen LogP contribution in [0.25, 0.3) is 22.4 Å². The first kappa shape index (κ1) is 20.6. The number of rotatable bonds is 7. The highest BCUT2D eigenvalue weighted by molar-refractivity contribution is 7.99. The van der Waals surface area contributed by atoms with Gasteiger partial charge in [0, 0.05) is 17.7 Å². The molecule has 9 nitrogen and oxygen atoms in total. The predicted octanol–water partition coefficient (Wildman–Crippen LogP) is 4.63. The van der Waals surface area contributed by atoms with Gasteiger partial charge in [-0.2, -0.15) is 5.10 Å². The molecule has 2 heterocycles. The lowest BCUT2D eigenvalue weighted by Crippen LogP contribution is -2.19. The van der Waals surface area contributed by atoms with Gasteiger partial charge in [-0.05, 0) is 30.3 Å². The number of aromatic nitrogens is 2. The van der Waals surface area contributed by atoms with Crippen molar-refractivity contribution >= 4 is 52.2 Å². The summed E-state index contributed by atoms with van der Waals surface area (Å²) >= 11 is 7.38. The number of nitrogens with zero attached hydrogens (tertiary/aromatic N) is 3. The first-order chi connectivity index (χ1) is 15.0. The van der Waals surface area contributed by atoms with Crippen LogP contribution in [0.5, 0.6) is 0 Å². The summed E-state index contributed by atoms with van der Waals surface area (Å²) in [5, 5.41) is 15.5. The lowest BCUT2D eigenvalue weighted by atomic mass is 10.1. The molecule has 4 aromatic rings. The van der Waals surface area contributed by atoms with Crippen molar-refractivity contribution in [1.29, 1.82) is 0 Å². The van der Waals surface area contributed by atoms with Gasteiger partial charge in [0.2, 0.25) is 0 Å². The van der Waals surface area contributed by atoms with Gasteiger partial charge < -0.3 is 9.40 Å². The van der Waals surface area contributed by atoms with Gasteiger partial charge in [-0.3, -0.25) is 14.9 Å². The number of benzene rings is 2. The topological polar surface area (TPSA) is 126 Å². The largest absolute Gasteiger partial charge is 0.455 e. The Labute approximate surface area is 184 Å². The first-order valence-electron chi connectivity index (χ1n) is 8.93. The lowest BCUT2D eigenvalue weighted by molar-refractivity contribution is -0.384. The molecule has 11 heteroatoms. The molecule has 156 valence electrons. The van der Waals surface area contributed by atoms with E-state index in [0.717, 1.165) is 11.0 Å². The molecule has 1 amide bonds. The molecule has 0 aliphatic rings. The SMILES string of the molecule is O=C(CSc1nc2ccccc2[nH]1)N/N=C\c1ccc(-c2ccc([N+](=O)[O-])cc2Cl)o1. The summed E-state index contributed by atoms with van der Waals surface area (Å²) in [6, 6.07) is 15.0. The number of nitro groups is 1. The summed E-state index contributed by atoms with van der Waals surface area (Å²) in [7, 11) is 0. The fraction of sp³-hybridized carbons (Fsp3) is 0.0500. The van der Waals surface area contributed by atoms with Gasteiger partial charge >= 0.3 is 0 Å². The molecule has 2 N–H and O–H groups in total. The van der Waals surface area contributed by atoms with Crippen molar-refractivity contribution < 1.29 is 14.1 Å². The molecule has 2 aromatic carbocycles. The molecule has 0 aliphatic heterocycles. The monoisotopic (exact) mass is 455 g/mol. The van der Waals surface area contributed by atoms with Gasteiger partial charge in [-0.15, -0.1) is 0 Å². The van der Waals surface area contributed by atoms with Crippen LogP contribution in [-0.2, 0) is 4.79 Å². The van der Waals surface area contributed by atoms with E-state index in [4.69, 9.17) is 16.0 Å². The van der Waals surface area contributed by atoms with E-state index in [2.05, 4.69) is 20.5 Å². The van der Waals surface area contributed by atoms with Crippen LogP contribution in [0.1, 0.15) is 5.76 Å². The number of carbonyl (C=O) groups is 1. The first-order valence-corrected chi connectivity index (χ1v) is 10.3.